The second kappa shape index (κ2) is 7.31. The monoisotopic (exact) mass is 311 g/mol. The van der Waals surface area contributed by atoms with E-state index in [1.54, 1.807) is 13.0 Å². The molecule has 0 aromatic heterocycles. The summed E-state index contributed by atoms with van der Waals surface area (Å²) in [6.07, 6.45) is 6.03. The molecule has 0 aromatic rings. The molecule has 0 bridgehead atoms. The lowest BCUT2D eigenvalue weighted by Gasteiger charge is -2.29. The number of hydrogen-bond donors (Lipinski definition) is 1. The molecule has 0 amide bonds. The molecule has 1 N–H and O–H groups in total. The lowest BCUT2D eigenvalue weighted by molar-refractivity contribution is 0.295. The molecule has 1 nitrogen and oxygen atoms in total. The van der Waals surface area contributed by atoms with Gasteiger partial charge in [0.15, 0.2) is 0 Å². The number of allylic oxidation sites excluding steroid dienone is 5. The van der Waals surface area contributed by atoms with Crippen molar-refractivity contribution in [1.82, 2.24) is 5.32 Å². The minimum Gasteiger partial charge on any atom is -0.379 e. The van der Waals surface area contributed by atoms with E-state index in [1.807, 2.05) is 0 Å². The maximum atomic E-state index is 14.0. The van der Waals surface area contributed by atoms with Crippen molar-refractivity contribution in [3.63, 3.8) is 0 Å². The fourth-order valence-corrected chi connectivity index (χ4v) is 3.11. The van der Waals surface area contributed by atoms with E-state index in [4.69, 9.17) is 11.6 Å². The van der Waals surface area contributed by atoms with Crippen molar-refractivity contribution in [1.29, 1.82) is 0 Å². The molecule has 0 spiro atoms. The van der Waals surface area contributed by atoms with Crippen LogP contribution in [0.15, 0.2) is 47.4 Å². The van der Waals surface area contributed by atoms with Gasteiger partial charge < -0.3 is 5.32 Å². The van der Waals surface area contributed by atoms with Gasteiger partial charge in [0, 0.05) is 11.1 Å². The molecule has 1 fully saturated rings. The first-order valence-electron chi connectivity index (χ1n) is 7.53. The topological polar surface area (TPSA) is 12.0 Å². The molecule has 0 aromatic carbocycles. The van der Waals surface area contributed by atoms with Crippen LogP contribution in [-0.4, -0.2) is 6.04 Å². The molecule has 0 aliphatic heterocycles. The van der Waals surface area contributed by atoms with Gasteiger partial charge in [0.1, 0.15) is 5.83 Å². The molecule has 118 valence electrons. The summed E-state index contributed by atoms with van der Waals surface area (Å²) in [5.74, 6) is 0.196. The maximum Gasteiger partial charge on any atom is 0.142 e. The third kappa shape index (κ3) is 4.74. The Labute approximate surface area is 133 Å². The average Bonchev–Trinajstić information content (AvgIpc) is 2.71. The Morgan fingerprint density at radius 2 is 2.05 bits per heavy atom. The van der Waals surface area contributed by atoms with E-state index in [0.717, 1.165) is 19.3 Å². The molecular weight excluding hydrogens is 285 g/mol. The van der Waals surface area contributed by atoms with Gasteiger partial charge >= 0.3 is 0 Å². The molecule has 1 aliphatic carbocycles. The summed E-state index contributed by atoms with van der Waals surface area (Å²) in [4.78, 5) is 0. The summed E-state index contributed by atoms with van der Waals surface area (Å²) in [5.41, 5.74) is 1.79. The van der Waals surface area contributed by atoms with Gasteiger partial charge in [-0.05, 0) is 49.7 Å². The number of hydrogen-bond acceptors (Lipinski definition) is 1. The van der Waals surface area contributed by atoms with Gasteiger partial charge in [0.25, 0.3) is 0 Å². The van der Waals surface area contributed by atoms with Crippen LogP contribution in [0.1, 0.15) is 47.0 Å². The van der Waals surface area contributed by atoms with E-state index in [0.29, 0.717) is 16.6 Å². The third-order valence-electron chi connectivity index (χ3n) is 4.41. The number of nitrogens with one attached hydrogen (secondary N) is 1. The smallest absolute Gasteiger partial charge is 0.142 e. The minimum atomic E-state index is -0.301. The van der Waals surface area contributed by atoms with Crippen LogP contribution in [0.3, 0.4) is 0 Å². The second-order valence-electron chi connectivity index (χ2n) is 6.48. The van der Waals surface area contributed by atoms with Gasteiger partial charge in [-0.15, -0.1) is 0 Å². The molecule has 2 atom stereocenters. The molecule has 2 unspecified atom stereocenters. The fraction of sp³-hybridized carbons (Fsp3) is 0.556. The van der Waals surface area contributed by atoms with Crippen LogP contribution in [-0.2, 0) is 0 Å². The Kier molecular flexibility index (Phi) is 6.27. The van der Waals surface area contributed by atoms with Crippen molar-refractivity contribution in [2.75, 3.05) is 0 Å². The van der Waals surface area contributed by atoms with Gasteiger partial charge in [-0.3, -0.25) is 0 Å². The SMILES string of the molecule is C=C(Cl)/C=C(NC1CC(C(=C)CC)CC1(C)C)\C(F)=C/C. The normalized spacial score (nSPS) is 25.8. The van der Waals surface area contributed by atoms with E-state index in [9.17, 15) is 4.39 Å². The highest BCUT2D eigenvalue weighted by atomic mass is 35.5. The zero-order chi connectivity index (χ0) is 16.2. The van der Waals surface area contributed by atoms with E-state index in [2.05, 4.69) is 39.2 Å². The molecule has 0 saturated heterocycles. The van der Waals surface area contributed by atoms with Crippen molar-refractivity contribution < 1.29 is 4.39 Å². The van der Waals surface area contributed by atoms with Gasteiger partial charge in [0.2, 0.25) is 0 Å². The van der Waals surface area contributed by atoms with Crippen molar-refractivity contribution in [3.05, 3.63) is 47.4 Å². The van der Waals surface area contributed by atoms with E-state index in [-0.39, 0.29) is 17.3 Å². The molecular formula is C18H27ClFN. The average molecular weight is 312 g/mol. The molecule has 0 radical (unpaired) electrons. The standard InChI is InChI=1S/C18H27ClFN/c1-7-12(3)14-10-17(18(5,6)11-14)21-16(9-13(4)19)15(20)8-2/h8-9,14,17,21H,3-4,7,10-11H2,1-2,5-6H3/b15-8+,16-9+. The van der Waals surface area contributed by atoms with Gasteiger partial charge in [-0.2, -0.15) is 0 Å². The van der Waals surface area contributed by atoms with Gasteiger partial charge in [-0.1, -0.05) is 51.1 Å². The molecule has 1 saturated carbocycles. The summed E-state index contributed by atoms with van der Waals surface area (Å²) in [5, 5.41) is 3.65. The summed E-state index contributed by atoms with van der Waals surface area (Å²) in [6, 6.07) is 0.193. The highest BCUT2D eigenvalue weighted by Gasteiger charge is 2.41. The van der Waals surface area contributed by atoms with Crippen LogP contribution < -0.4 is 5.32 Å². The van der Waals surface area contributed by atoms with E-state index < -0.39 is 0 Å². The predicted octanol–water partition coefficient (Wildman–Crippen LogP) is 5.86. The number of halogens is 2. The summed E-state index contributed by atoms with van der Waals surface area (Å²) >= 11 is 5.81. The van der Waals surface area contributed by atoms with Crippen LogP contribution in [0.2, 0.25) is 0 Å². The third-order valence-corrected chi connectivity index (χ3v) is 4.52. The molecule has 1 aliphatic rings. The summed E-state index contributed by atoms with van der Waals surface area (Å²) in [7, 11) is 0. The first kappa shape index (κ1) is 18.0. The van der Waals surface area contributed by atoms with Gasteiger partial charge in [-0.25, -0.2) is 4.39 Å². The Bertz CT molecular complexity index is 474. The zero-order valence-corrected chi connectivity index (χ0v) is 14.4. The lowest BCUT2D eigenvalue weighted by atomic mass is 9.85. The molecule has 0 heterocycles. The molecule has 21 heavy (non-hydrogen) atoms. The fourth-order valence-electron chi connectivity index (χ4n) is 3.00. The Morgan fingerprint density at radius 3 is 2.52 bits per heavy atom. The Hall–Kier alpha value is -1.02. The quantitative estimate of drug-likeness (QED) is 0.479. The van der Waals surface area contributed by atoms with Crippen molar-refractivity contribution in [2.45, 2.75) is 53.0 Å². The van der Waals surface area contributed by atoms with Crippen molar-refractivity contribution in [3.8, 4) is 0 Å². The maximum absolute atomic E-state index is 14.0. The molecule has 3 heteroatoms. The first-order chi connectivity index (χ1) is 9.71. The second-order valence-corrected chi connectivity index (χ2v) is 6.96. The Balaban J connectivity index is 2.94. The first-order valence-corrected chi connectivity index (χ1v) is 7.91. The molecule has 1 rings (SSSR count). The highest BCUT2D eigenvalue weighted by Crippen LogP contribution is 2.45. The lowest BCUT2D eigenvalue weighted by Crippen LogP contribution is -2.37. The van der Waals surface area contributed by atoms with Crippen LogP contribution in [0.25, 0.3) is 0 Å². The number of rotatable bonds is 6. The highest BCUT2D eigenvalue weighted by molar-refractivity contribution is 6.30. The van der Waals surface area contributed by atoms with Crippen LogP contribution in [0, 0.1) is 11.3 Å². The van der Waals surface area contributed by atoms with Crippen LogP contribution in [0.4, 0.5) is 4.39 Å². The minimum absolute atomic E-state index is 0.0868. The predicted molar refractivity (Wildman–Crippen MR) is 90.8 cm³/mol. The van der Waals surface area contributed by atoms with Crippen molar-refractivity contribution >= 4 is 11.6 Å². The summed E-state index contributed by atoms with van der Waals surface area (Å²) in [6.45, 7) is 16.0. The van der Waals surface area contributed by atoms with Crippen LogP contribution in [0.5, 0.6) is 0 Å². The van der Waals surface area contributed by atoms with Crippen LogP contribution >= 0.6 is 11.6 Å². The largest absolute Gasteiger partial charge is 0.379 e. The van der Waals surface area contributed by atoms with E-state index in [1.165, 1.54) is 11.6 Å². The van der Waals surface area contributed by atoms with Gasteiger partial charge in [0.05, 0.1) is 5.70 Å². The summed E-state index contributed by atoms with van der Waals surface area (Å²) < 4.78 is 14.0. The van der Waals surface area contributed by atoms with E-state index >= 15 is 0 Å². The zero-order valence-electron chi connectivity index (χ0n) is 13.6. The van der Waals surface area contributed by atoms with Crippen molar-refractivity contribution in [2.24, 2.45) is 11.3 Å². The Morgan fingerprint density at radius 1 is 1.43 bits per heavy atom.